The Hall–Kier alpha value is -2.83. The van der Waals surface area contributed by atoms with E-state index in [4.69, 9.17) is 0 Å². The predicted molar refractivity (Wildman–Crippen MR) is 92.9 cm³/mol. The second-order valence-corrected chi connectivity index (χ2v) is 6.30. The van der Waals surface area contributed by atoms with E-state index in [1.807, 2.05) is 0 Å². The Morgan fingerprint density at radius 1 is 0.923 bits per heavy atom. The summed E-state index contributed by atoms with van der Waals surface area (Å²) in [6.45, 7) is 0. The lowest BCUT2D eigenvalue weighted by Crippen LogP contribution is -2.36. The lowest BCUT2D eigenvalue weighted by atomic mass is 9.95. The van der Waals surface area contributed by atoms with Crippen LogP contribution in [0.5, 0.6) is 0 Å². The molecule has 2 amide bonds. The molecule has 26 heavy (non-hydrogen) atoms. The zero-order chi connectivity index (χ0) is 18.5. The molecule has 1 aromatic heterocycles. The first-order chi connectivity index (χ1) is 12.5. The first kappa shape index (κ1) is 18.0. The Balaban J connectivity index is 1.68. The van der Waals surface area contributed by atoms with Crippen molar-refractivity contribution in [2.24, 2.45) is 0 Å². The number of amides is 2. The molecule has 3 rings (SSSR count). The van der Waals surface area contributed by atoms with Gasteiger partial charge in [-0.05, 0) is 37.1 Å². The van der Waals surface area contributed by atoms with E-state index in [2.05, 4.69) is 15.6 Å². The SMILES string of the molecule is O=C(Nc1ccc(F)c(F)c1)c1cccc(C(=O)NC2CCCCC2)n1. The summed E-state index contributed by atoms with van der Waals surface area (Å²) in [6, 6.07) is 7.73. The van der Waals surface area contributed by atoms with E-state index in [1.54, 1.807) is 6.07 Å². The number of anilines is 1. The Labute approximate surface area is 149 Å². The number of halogens is 2. The summed E-state index contributed by atoms with van der Waals surface area (Å²) < 4.78 is 26.2. The highest BCUT2D eigenvalue weighted by Crippen LogP contribution is 2.18. The van der Waals surface area contributed by atoms with Crippen molar-refractivity contribution in [3.05, 3.63) is 59.4 Å². The standard InChI is InChI=1S/C19H19F2N3O2/c20-14-10-9-13(11-15(14)21)23-19(26)17-8-4-7-16(24-17)18(25)22-12-5-2-1-3-6-12/h4,7-12H,1-3,5-6H2,(H,22,25)(H,23,26). The van der Waals surface area contributed by atoms with Crippen LogP contribution in [-0.2, 0) is 0 Å². The fourth-order valence-corrected chi connectivity index (χ4v) is 2.96. The van der Waals surface area contributed by atoms with E-state index in [0.717, 1.165) is 37.8 Å². The number of carbonyl (C=O) groups excluding carboxylic acids is 2. The predicted octanol–water partition coefficient (Wildman–Crippen LogP) is 3.67. The molecule has 0 saturated heterocycles. The van der Waals surface area contributed by atoms with Gasteiger partial charge in [0.15, 0.2) is 11.6 Å². The van der Waals surface area contributed by atoms with Gasteiger partial charge in [0.2, 0.25) is 0 Å². The van der Waals surface area contributed by atoms with Gasteiger partial charge in [-0.15, -0.1) is 0 Å². The highest BCUT2D eigenvalue weighted by Gasteiger charge is 2.18. The van der Waals surface area contributed by atoms with Gasteiger partial charge in [0.25, 0.3) is 11.8 Å². The molecule has 7 heteroatoms. The fourth-order valence-electron chi connectivity index (χ4n) is 2.96. The van der Waals surface area contributed by atoms with Crippen molar-refractivity contribution >= 4 is 17.5 Å². The van der Waals surface area contributed by atoms with E-state index in [0.29, 0.717) is 0 Å². The molecule has 0 atom stereocenters. The minimum atomic E-state index is -1.06. The van der Waals surface area contributed by atoms with E-state index in [1.165, 1.54) is 24.6 Å². The summed E-state index contributed by atoms with van der Waals surface area (Å²) in [4.78, 5) is 28.7. The van der Waals surface area contributed by atoms with Gasteiger partial charge >= 0.3 is 0 Å². The molecule has 0 aliphatic heterocycles. The van der Waals surface area contributed by atoms with Crippen LogP contribution in [0, 0.1) is 11.6 Å². The molecule has 0 bridgehead atoms. The van der Waals surface area contributed by atoms with Gasteiger partial charge in [-0.1, -0.05) is 25.3 Å². The summed E-state index contributed by atoms with van der Waals surface area (Å²) in [6.07, 6.45) is 5.26. The van der Waals surface area contributed by atoms with E-state index >= 15 is 0 Å². The van der Waals surface area contributed by atoms with Crippen molar-refractivity contribution in [2.45, 2.75) is 38.1 Å². The summed E-state index contributed by atoms with van der Waals surface area (Å²) >= 11 is 0. The third kappa shape index (κ3) is 4.41. The van der Waals surface area contributed by atoms with Crippen LogP contribution < -0.4 is 10.6 Å². The third-order valence-corrected chi connectivity index (χ3v) is 4.33. The molecular weight excluding hydrogens is 340 g/mol. The van der Waals surface area contributed by atoms with Crippen molar-refractivity contribution in [1.29, 1.82) is 0 Å². The highest BCUT2D eigenvalue weighted by atomic mass is 19.2. The lowest BCUT2D eigenvalue weighted by molar-refractivity contribution is 0.0922. The van der Waals surface area contributed by atoms with Gasteiger partial charge < -0.3 is 10.6 Å². The Kier molecular flexibility index (Phi) is 5.55. The Morgan fingerprint density at radius 3 is 2.31 bits per heavy atom. The smallest absolute Gasteiger partial charge is 0.274 e. The second kappa shape index (κ2) is 8.03. The van der Waals surface area contributed by atoms with Crippen LogP contribution in [0.3, 0.4) is 0 Å². The van der Waals surface area contributed by atoms with Gasteiger partial charge in [-0.2, -0.15) is 0 Å². The number of aromatic nitrogens is 1. The zero-order valence-electron chi connectivity index (χ0n) is 14.1. The number of nitrogens with one attached hydrogen (secondary N) is 2. The minimum Gasteiger partial charge on any atom is -0.348 e. The molecule has 0 unspecified atom stereocenters. The summed E-state index contributed by atoms with van der Waals surface area (Å²) in [5.41, 5.74) is 0.271. The summed E-state index contributed by atoms with van der Waals surface area (Å²) in [5.74, 6) is -2.98. The highest BCUT2D eigenvalue weighted by molar-refractivity contribution is 6.03. The molecule has 0 spiro atoms. The van der Waals surface area contributed by atoms with Gasteiger partial charge in [0, 0.05) is 17.8 Å². The molecule has 136 valence electrons. The largest absolute Gasteiger partial charge is 0.348 e. The van der Waals surface area contributed by atoms with Gasteiger partial charge in [-0.25, -0.2) is 13.8 Å². The van der Waals surface area contributed by atoms with Crippen molar-refractivity contribution < 1.29 is 18.4 Å². The van der Waals surface area contributed by atoms with Crippen LogP contribution in [0.2, 0.25) is 0 Å². The molecule has 1 aromatic carbocycles. The van der Waals surface area contributed by atoms with E-state index in [-0.39, 0.29) is 29.0 Å². The zero-order valence-corrected chi connectivity index (χ0v) is 14.1. The second-order valence-electron chi connectivity index (χ2n) is 6.30. The van der Waals surface area contributed by atoms with Crippen LogP contribution >= 0.6 is 0 Å². The molecule has 1 saturated carbocycles. The third-order valence-electron chi connectivity index (χ3n) is 4.33. The molecule has 5 nitrogen and oxygen atoms in total. The topological polar surface area (TPSA) is 71.1 Å². The number of carbonyl (C=O) groups is 2. The fraction of sp³-hybridized carbons (Fsp3) is 0.316. The van der Waals surface area contributed by atoms with Crippen LogP contribution in [-0.4, -0.2) is 22.8 Å². The molecule has 1 heterocycles. The number of benzene rings is 1. The van der Waals surface area contributed by atoms with Crippen LogP contribution in [0.4, 0.5) is 14.5 Å². The molecule has 2 aromatic rings. The van der Waals surface area contributed by atoms with Crippen molar-refractivity contribution in [1.82, 2.24) is 10.3 Å². The molecule has 1 fully saturated rings. The minimum absolute atomic E-state index is 0.0195. The molecule has 2 N–H and O–H groups in total. The number of nitrogens with zero attached hydrogens (tertiary/aromatic N) is 1. The quantitative estimate of drug-likeness (QED) is 0.875. The number of pyridine rings is 1. The molecular formula is C19H19F2N3O2. The van der Waals surface area contributed by atoms with Crippen LogP contribution in [0.15, 0.2) is 36.4 Å². The maximum Gasteiger partial charge on any atom is 0.274 e. The monoisotopic (exact) mass is 359 g/mol. The van der Waals surface area contributed by atoms with Gasteiger partial charge in [-0.3, -0.25) is 9.59 Å². The first-order valence-electron chi connectivity index (χ1n) is 8.57. The Morgan fingerprint density at radius 2 is 1.62 bits per heavy atom. The maximum absolute atomic E-state index is 13.2. The van der Waals surface area contributed by atoms with E-state index in [9.17, 15) is 18.4 Å². The molecule has 1 aliphatic rings. The van der Waals surface area contributed by atoms with Crippen molar-refractivity contribution in [2.75, 3.05) is 5.32 Å². The maximum atomic E-state index is 13.2. The molecule has 1 aliphatic carbocycles. The van der Waals surface area contributed by atoms with Gasteiger partial charge in [0.1, 0.15) is 11.4 Å². The average Bonchev–Trinajstić information content (AvgIpc) is 2.65. The normalized spacial score (nSPS) is 14.7. The molecule has 0 radical (unpaired) electrons. The van der Waals surface area contributed by atoms with Crippen molar-refractivity contribution in [3.8, 4) is 0 Å². The number of rotatable bonds is 4. The van der Waals surface area contributed by atoms with E-state index < -0.39 is 17.5 Å². The lowest BCUT2D eigenvalue weighted by Gasteiger charge is -2.22. The van der Waals surface area contributed by atoms with Crippen LogP contribution in [0.1, 0.15) is 53.1 Å². The van der Waals surface area contributed by atoms with Crippen LogP contribution in [0.25, 0.3) is 0 Å². The van der Waals surface area contributed by atoms with Crippen molar-refractivity contribution in [3.63, 3.8) is 0 Å². The number of hydrogen-bond donors (Lipinski definition) is 2. The number of hydrogen-bond acceptors (Lipinski definition) is 3. The summed E-state index contributed by atoms with van der Waals surface area (Å²) in [5, 5.41) is 5.37. The van der Waals surface area contributed by atoms with Gasteiger partial charge in [0.05, 0.1) is 0 Å². The Bertz CT molecular complexity index is 820. The summed E-state index contributed by atoms with van der Waals surface area (Å²) in [7, 11) is 0. The average molecular weight is 359 g/mol. The first-order valence-corrected chi connectivity index (χ1v) is 8.57.